The van der Waals surface area contributed by atoms with Crippen LogP contribution in [0.15, 0.2) is 12.7 Å². The lowest BCUT2D eigenvalue weighted by atomic mass is 10.2. The fourth-order valence-corrected chi connectivity index (χ4v) is 1.12. The lowest BCUT2D eigenvalue weighted by molar-refractivity contribution is 1.14. The smallest absolute Gasteiger partial charge is 0.104 e. The number of allylic oxidation sites excluding steroid dienone is 2. The van der Waals surface area contributed by atoms with E-state index in [1.807, 2.05) is 32.9 Å². The molecule has 0 spiro atoms. The zero-order valence-electron chi connectivity index (χ0n) is 7.81. The van der Waals surface area contributed by atoms with E-state index in [-0.39, 0.29) is 0 Å². The molecule has 0 fully saturated rings. The maximum atomic E-state index is 4.32. The van der Waals surface area contributed by atoms with Gasteiger partial charge in [0.25, 0.3) is 0 Å². The molecule has 64 valence electrons. The van der Waals surface area contributed by atoms with Crippen molar-refractivity contribution in [3.8, 4) is 0 Å². The van der Waals surface area contributed by atoms with Crippen LogP contribution in [-0.2, 0) is 0 Å². The van der Waals surface area contributed by atoms with E-state index in [4.69, 9.17) is 0 Å². The summed E-state index contributed by atoms with van der Waals surface area (Å²) in [6, 6.07) is 0. The minimum atomic E-state index is 0.932. The van der Waals surface area contributed by atoms with Crippen LogP contribution in [0.3, 0.4) is 0 Å². The Balaban J connectivity index is 3.17. The van der Waals surface area contributed by atoms with E-state index in [0.29, 0.717) is 0 Å². The molecule has 1 aromatic rings. The SMILES string of the molecule is C=C(C)c1nc(C)[nH]c1/C=C\C. The number of hydrogen-bond acceptors (Lipinski definition) is 1. The standard InChI is InChI=1S/C10H14N2/c1-5-6-9-10(7(2)3)12-8(4)11-9/h5-6H,2H2,1,3-4H3,(H,11,12)/b6-5-. The highest BCUT2D eigenvalue weighted by Gasteiger charge is 2.04. The molecule has 0 amide bonds. The van der Waals surface area contributed by atoms with Gasteiger partial charge in [-0.3, -0.25) is 0 Å². The van der Waals surface area contributed by atoms with Crippen LogP contribution in [0.1, 0.15) is 31.1 Å². The quantitative estimate of drug-likeness (QED) is 0.711. The Morgan fingerprint density at radius 1 is 1.58 bits per heavy atom. The van der Waals surface area contributed by atoms with E-state index in [9.17, 15) is 0 Å². The molecule has 0 aliphatic rings. The molecule has 0 atom stereocenters. The molecule has 0 aromatic carbocycles. The van der Waals surface area contributed by atoms with Crippen molar-refractivity contribution in [2.75, 3.05) is 0 Å². The maximum Gasteiger partial charge on any atom is 0.104 e. The highest BCUT2D eigenvalue weighted by Crippen LogP contribution is 2.15. The molecular formula is C10H14N2. The molecule has 0 aliphatic heterocycles. The van der Waals surface area contributed by atoms with Gasteiger partial charge in [0.05, 0.1) is 11.4 Å². The number of hydrogen-bond donors (Lipinski definition) is 1. The van der Waals surface area contributed by atoms with E-state index in [1.54, 1.807) is 0 Å². The van der Waals surface area contributed by atoms with Crippen LogP contribution >= 0.6 is 0 Å². The summed E-state index contributed by atoms with van der Waals surface area (Å²) in [6.45, 7) is 9.75. The molecule has 1 rings (SSSR count). The Morgan fingerprint density at radius 3 is 2.75 bits per heavy atom. The predicted molar refractivity (Wildman–Crippen MR) is 52.7 cm³/mol. The van der Waals surface area contributed by atoms with Crippen molar-refractivity contribution >= 4 is 11.6 Å². The lowest BCUT2D eigenvalue weighted by Crippen LogP contribution is -1.81. The highest BCUT2D eigenvalue weighted by molar-refractivity contribution is 5.67. The van der Waals surface area contributed by atoms with Crippen molar-refractivity contribution in [2.24, 2.45) is 0 Å². The minimum Gasteiger partial charge on any atom is -0.342 e. The van der Waals surface area contributed by atoms with E-state index in [2.05, 4.69) is 16.5 Å². The Hall–Kier alpha value is -1.31. The van der Waals surface area contributed by atoms with Crippen LogP contribution in [0.2, 0.25) is 0 Å². The van der Waals surface area contributed by atoms with Crippen LogP contribution in [0.4, 0.5) is 0 Å². The fraction of sp³-hybridized carbons (Fsp3) is 0.300. The first-order valence-electron chi connectivity index (χ1n) is 4.00. The van der Waals surface area contributed by atoms with Crippen molar-refractivity contribution in [2.45, 2.75) is 20.8 Å². The minimum absolute atomic E-state index is 0.932. The number of imidazole rings is 1. The molecule has 0 saturated heterocycles. The Kier molecular flexibility index (Phi) is 2.48. The summed E-state index contributed by atoms with van der Waals surface area (Å²) in [5.41, 5.74) is 3.00. The average Bonchev–Trinajstić information content (AvgIpc) is 2.32. The van der Waals surface area contributed by atoms with Crippen LogP contribution in [0, 0.1) is 6.92 Å². The fourth-order valence-electron chi connectivity index (χ4n) is 1.12. The van der Waals surface area contributed by atoms with E-state index in [0.717, 1.165) is 22.8 Å². The molecule has 1 heterocycles. The number of rotatable bonds is 2. The molecule has 1 N–H and O–H groups in total. The molecular weight excluding hydrogens is 148 g/mol. The van der Waals surface area contributed by atoms with E-state index in [1.165, 1.54) is 0 Å². The maximum absolute atomic E-state index is 4.32. The van der Waals surface area contributed by atoms with Gasteiger partial charge in [-0.15, -0.1) is 0 Å². The molecule has 12 heavy (non-hydrogen) atoms. The van der Waals surface area contributed by atoms with Crippen molar-refractivity contribution in [1.29, 1.82) is 0 Å². The largest absolute Gasteiger partial charge is 0.342 e. The second-order valence-corrected chi connectivity index (χ2v) is 2.86. The van der Waals surface area contributed by atoms with Gasteiger partial charge in [0.2, 0.25) is 0 Å². The Morgan fingerprint density at radius 2 is 2.25 bits per heavy atom. The van der Waals surface area contributed by atoms with Gasteiger partial charge in [0, 0.05) is 0 Å². The molecule has 0 radical (unpaired) electrons. The number of aromatic nitrogens is 2. The first-order valence-corrected chi connectivity index (χ1v) is 4.00. The number of aromatic amines is 1. The van der Waals surface area contributed by atoms with Crippen molar-refractivity contribution in [1.82, 2.24) is 9.97 Å². The summed E-state index contributed by atoms with van der Waals surface area (Å²) in [5.74, 6) is 0.932. The van der Waals surface area contributed by atoms with Crippen molar-refractivity contribution < 1.29 is 0 Å². The molecule has 0 saturated carbocycles. The average molecular weight is 162 g/mol. The Bertz CT molecular complexity index is 319. The van der Waals surface area contributed by atoms with Gasteiger partial charge in [-0.2, -0.15) is 0 Å². The van der Waals surface area contributed by atoms with Gasteiger partial charge in [-0.1, -0.05) is 12.7 Å². The van der Waals surface area contributed by atoms with Crippen molar-refractivity contribution in [3.63, 3.8) is 0 Å². The summed E-state index contributed by atoms with van der Waals surface area (Å²) in [5, 5.41) is 0. The summed E-state index contributed by atoms with van der Waals surface area (Å²) in [6.07, 6.45) is 3.99. The van der Waals surface area contributed by atoms with E-state index < -0.39 is 0 Å². The Labute approximate surface area is 73.0 Å². The summed E-state index contributed by atoms with van der Waals surface area (Å²) in [4.78, 5) is 7.49. The predicted octanol–water partition coefficient (Wildman–Crippen LogP) is 2.78. The summed E-state index contributed by atoms with van der Waals surface area (Å²) < 4.78 is 0. The van der Waals surface area contributed by atoms with Gasteiger partial charge < -0.3 is 4.98 Å². The molecule has 0 unspecified atom stereocenters. The number of H-pyrrole nitrogens is 1. The molecule has 0 aliphatic carbocycles. The first kappa shape index (κ1) is 8.78. The van der Waals surface area contributed by atoms with Crippen LogP contribution in [0.5, 0.6) is 0 Å². The summed E-state index contributed by atoms with van der Waals surface area (Å²) in [7, 11) is 0. The topological polar surface area (TPSA) is 28.7 Å². The van der Waals surface area contributed by atoms with Gasteiger partial charge >= 0.3 is 0 Å². The van der Waals surface area contributed by atoms with Gasteiger partial charge in [-0.05, 0) is 32.4 Å². The zero-order valence-corrected chi connectivity index (χ0v) is 7.81. The lowest BCUT2D eigenvalue weighted by Gasteiger charge is -1.93. The van der Waals surface area contributed by atoms with Crippen LogP contribution < -0.4 is 0 Å². The molecule has 1 aromatic heterocycles. The molecule has 2 nitrogen and oxygen atoms in total. The summed E-state index contributed by atoms with van der Waals surface area (Å²) >= 11 is 0. The number of nitrogens with one attached hydrogen (secondary N) is 1. The number of nitrogens with zero attached hydrogens (tertiary/aromatic N) is 1. The number of aryl methyl sites for hydroxylation is 1. The zero-order chi connectivity index (χ0) is 9.14. The normalized spacial score (nSPS) is 10.9. The van der Waals surface area contributed by atoms with E-state index >= 15 is 0 Å². The van der Waals surface area contributed by atoms with Crippen LogP contribution in [-0.4, -0.2) is 9.97 Å². The first-order chi connectivity index (χ1) is 5.65. The van der Waals surface area contributed by atoms with Gasteiger partial charge in [0.1, 0.15) is 5.82 Å². The third kappa shape index (κ3) is 1.64. The second-order valence-electron chi connectivity index (χ2n) is 2.86. The monoisotopic (exact) mass is 162 g/mol. The second kappa shape index (κ2) is 3.39. The molecule has 2 heteroatoms. The van der Waals surface area contributed by atoms with Gasteiger partial charge in [0.15, 0.2) is 0 Å². The van der Waals surface area contributed by atoms with Crippen LogP contribution in [0.25, 0.3) is 11.6 Å². The van der Waals surface area contributed by atoms with Crippen molar-refractivity contribution in [3.05, 3.63) is 29.9 Å². The third-order valence-electron chi connectivity index (χ3n) is 1.59. The highest BCUT2D eigenvalue weighted by atomic mass is 14.9. The van der Waals surface area contributed by atoms with Gasteiger partial charge in [-0.25, -0.2) is 4.98 Å². The molecule has 0 bridgehead atoms. The third-order valence-corrected chi connectivity index (χ3v) is 1.59.